The first kappa shape index (κ1) is 18.5. The Morgan fingerprint density at radius 3 is 2.67 bits per heavy atom. The van der Waals surface area contributed by atoms with E-state index < -0.39 is 16.8 Å². The zero-order valence-corrected chi connectivity index (χ0v) is 14.8. The number of carbonyl (C=O) groups excluding carboxylic acids is 1. The largest absolute Gasteiger partial charge is 0.415 e. The van der Waals surface area contributed by atoms with Gasteiger partial charge in [0.15, 0.2) is 0 Å². The van der Waals surface area contributed by atoms with Crippen LogP contribution in [0.1, 0.15) is 19.4 Å². The van der Waals surface area contributed by atoms with Crippen molar-refractivity contribution in [3.63, 3.8) is 0 Å². The molecule has 6 heteroatoms. The number of thiol groups is 1. The number of hydrogen-bond acceptors (Lipinski definition) is 3. The van der Waals surface area contributed by atoms with Gasteiger partial charge in [-0.15, -0.1) is 23.2 Å². The maximum absolute atomic E-state index is 12.1. The molecule has 1 aromatic rings. The molecular formula is C15H21Cl2NO2S. The zero-order chi connectivity index (χ0) is 16.0. The number of ether oxygens (including phenoxy) is 1. The van der Waals surface area contributed by atoms with Gasteiger partial charge in [0.2, 0.25) is 0 Å². The number of amides is 1. The monoisotopic (exact) mass is 349 g/mol. The fourth-order valence-corrected chi connectivity index (χ4v) is 2.47. The minimum absolute atomic E-state index is 0.206. The van der Waals surface area contributed by atoms with E-state index in [1.807, 2.05) is 18.2 Å². The summed E-state index contributed by atoms with van der Waals surface area (Å²) in [6.45, 7) is 4.29. The van der Waals surface area contributed by atoms with Gasteiger partial charge < -0.3 is 4.74 Å². The summed E-state index contributed by atoms with van der Waals surface area (Å²) in [5.41, 5.74) is 1.14. The van der Waals surface area contributed by atoms with Crippen molar-refractivity contribution in [2.75, 3.05) is 12.9 Å². The first-order chi connectivity index (χ1) is 9.85. The molecule has 0 fully saturated rings. The minimum atomic E-state index is -0.507. The second-order valence-corrected chi connectivity index (χ2v) is 6.71. The lowest BCUT2D eigenvalue weighted by atomic mass is 10.0. The Hall–Kier alpha value is -0.580. The zero-order valence-electron chi connectivity index (χ0n) is 12.4. The Balaban J connectivity index is 2.70. The molecule has 0 saturated carbocycles. The summed E-state index contributed by atoms with van der Waals surface area (Å²) in [6.07, 6.45) is 0.430. The van der Waals surface area contributed by atoms with Crippen molar-refractivity contribution in [3.8, 4) is 5.75 Å². The van der Waals surface area contributed by atoms with Gasteiger partial charge in [0.1, 0.15) is 5.75 Å². The molecule has 2 unspecified atom stereocenters. The van der Waals surface area contributed by atoms with Crippen molar-refractivity contribution >= 4 is 41.9 Å². The summed E-state index contributed by atoms with van der Waals surface area (Å²) in [5.74, 6) is 1.26. The number of nitrogens with zero attached hydrogens (tertiary/aromatic N) is 1. The van der Waals surface area contributed by atoms with E-state index in [1.54, 1.807) is 13.1 Å². The second kappa shape index (κ2) is 8.76. The van der Waals surface area contributed by atoms with E-state index in [4.69, 9.17) is 27.9 Å². The first-order valence-corrected chi connectivity index (χ1v) is 8.25. The Kier molecular flexibility index (Phi) is 7.71. The third-order valence-corrected chi connectivity index (χ3v) is 4.67. The Morgan fingerprint density at radius 1 is 1.43 bits per heavy atom. The fourth-order valence-electron chi connectivity index (χ4n) is 1.81. The molecule has 0 saturated heterocycles. The molecule has 0 spiro atoms. The molecule has 0 N–H and O–H groups in total. The predicted molar refractivity (Wildman–Crippen MR) is 91.9 cm³/mol. The average Bonchev–Trinajstić information content (AvgIpc) is 2.44. The quantitative estimate of drug-likeness (QED) is 0.468. The van der Waals surface area contributed by atoms with Crippen LogP contribution in [-0.2, 0) is 6.42 Å². The highest BCUT2D eigenvalue weighted by Gasteiger charge is 2.24. The Morgan fingerprint density at radius 2 is 2.10 bits per heavy atom. The number of alkyl halides is 2. The van der Waals surface area contributed by atoms with Crippen LogP contribution in [0.4, 0.5) is 4.79 Å². The SMILES string of the molecule is CC(C)Cc1cccc(OC(=O)N(C)C(S)C(Cl)CCl)c1. The summed E-state index contributed by atoms with van der Waals surface area (Å²) in [5, 5.41) is -0.949. The predicted octanol–water partition coefficient (Wildman–Crippen LogP) is 4.42. The van der Waals surface area contributed by atoms with Crippen LogP contribution in [0.25, 0.3) is 0 Å². The van der Waals surface area contributed by atoms with Gasteiger partial charge in [0, 0.05) is 12.9 Å². The highest BCUT2D eigenvalue weighted by Crippen LogP contribution is 2.19. The van der Waals surface area contributed by atoms with Crippen molar-refractivity contribution in [1.82, 2.24) is 4.90 Å². The maximum atomic E-state index is 12.1. The molecule has 1 rings (SSSR count). The van der Waals surface area contributed by atoms with Crippen LogP contribution in [0.3, 0.4) is 0 Å². The van der Waals surface area contributed by atoms with E-state index in [1.165, 1.54) is 4.90 Å². The van der Waals surface area contributed by atoms with Gasteiger partial charge in [-0.25, -0.2) is 4.79 Å². The van der Waals surface area contributed by atoms with Gasteiger partial charge in [-0.1, -0.05) is 26.0 Å². The highest BCUT2D eigenvalue weighted by atomic mass is 35.5. The summed E-state index contributed by atoms with van der Waals surface area (Å²) in [7, 11) is 1.58. The van der Waals surface area contributed by atoms with Gasteiger partial charge in [-0.05, 0) is 30.0 Å². The van der Waals surface area contributed by atoms with Crippen LogP contribution in [-0.4, -0.2) is 34.7 Å². The molecular weight excluding hydrogens is 329 g/mol. The molecule has 0 aromatic heterocycles. The number of rotatable bonds is 6. The summed E-state index contributed by atoms with van der Waals surface area (Å²) in [4.78, 5) is 13.4. The van der Waals surface area contributed by atoms with Crippen LogP contribution in [0.5, 0.6) is 5.75 Å². The standard InChI is InChI=1S/C15H21Cl2NO2S/c1-10(2)7-11-5-4-6-12(8-11)20-15(19)18(3)14(21)13(17)9-16/h4-6,8,10,13-14,21H,7,9H2,1-3H3. The van der Waals surface area contributed by atoms with Gasteiger partial charge in [0.25, 0.3) is 0 Å². The molecule has 2 atom stereocenters. The van der Waals surface area contributed by atoms with E-state index in [2.05, 4.69) is 26.5 Å². The number of benzene rings is 1. The van der Waals surface area contributed by atoms with Crippen LogP contribution in [0, 0.1) is 5.92 Å². The average molecular weight is 350 g/mol. The Bertz CT molecular complexity index is 471. The first-order valence-electron chi connectivity index (χ1n) is 6.76. The van der Waals surface area contributed by atoms with Crippen molar-refractivity contribution in [3.05, 3.63) is 29.8 Å². The molecule has 0 heterocycles. The van der Waals surface area contributed by atoms with Crippen LogP contribution < -0.4 is 4.74 Å². The maximum Gasteiger partial charge on any atom is 0.415 e. The summed E-state index contributed by atoms with van der Waals surface area (Å²) < 4.78 is 5.35. The van der Waals surface area contributed by atoms with Gasteiger partial charge in [0.05, 0.1) is 10.8 Å². The molecule has 21 heavy (non-hydrogen) atoms. The third kappa shape index (κ3) is 5.97. The normalized spacial score (nSPS) is 13.9. The van der Waals surface area contributed by atoms with Crippen LogP contribution in [0.2, 0.25) is 0 Å². The van der Waals surface area contributed by atoms with Crippen LogP contribution in [0.15, 0.2) is 24.3 Å². The number of hydrogen-bond donors (Lipinski definition) is 1. The lowest BCUT2D eigenvalue weighted by molar-refractivity contribution is 0.159. The third-order valence-electron chi connectivity index (χ3n) is 2.90. The van der Waals surface area contributed by atoms with Crippen molar-refractivity contribution in [2.24, 2.45) is 5.92 Å². The lowest BCUT2D eigenvalue weighted by Crippen LogP contribution is -2.41. The molecule has 0 radical (unpaired) electrons. The van der Waals surface area contributed by atoms with Gasteiger partial charge in [-0.2, -0.15) is 12.6 Å². The molecule has 118 valence electrons. The number of halogens is 2. The van der Waals surface area contributed by atoms with Crippen molar-refractivity contribution in [1.29, 1.82) is 0 Å². The molecule has 0 aliphatic heterocycles. The van der Waals surface area contributed by atoms with E-state index in [9.17, 15) is 4.79 Å². The van der Waals surface area contributed by atoms with Crippen molar-refractivity contribution in [2.45, 2.75) is 31.0 Å². The van der Waals surface area contributed by atoms with Crippen molar-refractivity contribution < 1.29 is 9.53 Å². The van der Waals surface area contributed by atoms with E-state index in [0.717, 1.165) is 12.0 Å². The Labute approximate surface area is 142 Å². The molecule has 0 aliphatic carbocycles. The number of carbonyl (C=O) groups is 1. The topological polar surface area (TPSA) is 29.5 Å². The summed E-state index contributed by atoms with van der Waals surface area (Å²) >= 11 is 15.9. The summed E-state index contributed by atoms with van der Waals surface area (Å²) in [6, 6.07) is 7.52. The fraction of sp³-hybridized carbons (Fsp3) is 0.533. The van der Waals surface area contributed by atoms with E-state index in [0.29, 0.717) is 11.7 Å². The van der Waals surface area contributed by atoms with E-state index >= 15 is 0 Å². The molecule has 1 amide bonds. The molecule has 1 aromatic carbocycles. The van der Waals surface area contributed by atoms with E-state index in [-0.39, 0.29) is 5.88 Å². The van der Waals surface area contributed by atoms with Gasteiger partial charge in [-0.3, -0.25) is 4.90 Å². The highest BCUT2D eigenvalue weighted by molar-refractivity contribution is 7.81. The van der Waals surface area contributed by atoms with Gasteiger partial charge >= 0.3 is 6.09 Å². The lowest BCUT2D eigenvalue weighted by Gasteiger charge is -2.25. The molecule has 0 aliphatic rings. The molecule has 3 nitrogen and oxygen atoms in total. The minimum Gasteiger partial charge on any atom is -0.410 e. The molecule has 0 bridgehead atoms. The van der Waals surface area contributed by atoms with Crippen LogP contribution >= 0.6 is 35.8 Å². The second-order valence-electron chi connectivity index (χ2n) is 5.31. The smallest absolute Gasteiger partial charge is 0.410 e.